The number of ether oxygens (including phenoxy) is 1. The molecule has 2 N–H and O–H groups in total. The highest BCUT2D eigenvalue weighted by Crippen LogP contribution is 2.25. The minimum Gasteiger partial charge on any atom is -0.496 e. The summed E-state index contributed by atoms with van der Waals surface area (Å²) in [6.07, 6.45) is 1.71. The first-order chi connectivity index (χ1) is 9.97. The van der Waals surface area contributed by atoms with Crippen LogP contribution in [0.3, 0.4) is 0 Å². The Bertz CT molecular complexity index is 463. The van der Waals surface area contributed by atoms with Crippen LogP contribution in [0.4, 0.5) is 0 Å². The van der Waals surface area contributed by atoms with Crippen LogP contribution in [0.25, 0.3) is 0 Å². The molecule has 1 unspecified atom stereocenters. The second-order valence-electron chi connectivity index (χ2n) is 5.40. The highest BCUT2D eigenvalue weighted by Gasteiger charge is 2.15. The average molecular weight is 358 g/mol. The van der Waals surface area contributed by atoms with Gasteiger partial charge in [-0.1, -0.05) is 19.9 Å². The largest absolute Gasteiger partial charge is 0.496 e. The standard InChI is InChI=1S/C16H24BrNO3/c1-11(2)14(8-9-19)18-16(20)7-5-12-4-6-15(21-3)13(17)10-12/h4,6,10-11,14,19H,5,7-9H2,1-3H3,(H,18,20). The predicted octanol–water partition coefficient (Wildman–Crippen LogP) is 2.91. The van der Waals surface area contributed by atoms with Crippen LogP contribution in [0.2, 0.25) is 0 Å². The van der Waals surface area contributed by atoms with Crippen LogP contribution < -0.4 is 10.1 Å². The van der Waals surface area contributed by atoms with Crippen molar-refractivity contribution in [3.63, 3.8) is 0 Å². The number of methoxy groups -OCH3 is 1. The third kappa shape index (κ3) is 6.06. The maximum atomic E-state index is 12.0. The zero-order valence-electron chi connectivity index (χ0n) is 12.9. The van der Waals surface area contributed by atoms with E-state index >= 15 is 0 Å². The number of carbonyl (C=O) groups excluding carboxylic acids is 1. The predicted molar refractivity (Wildman–Crippen MR) is 87.5 cm³/mol. The quantitative estimate of drug-likeness (QED) is 0.751. The Morgan fingerprint density at radius 3 is 2.67 bits per heavy atom. The van der Waals surface area contributed by atoms with Gasteiger partial charge in [-0.15, -0.1) is 0 Å². The molecule has 1 aromatic carbocycles. The maximum Gasteiger partial charge on any atom is 0.220 e. The molecule has 5 heteroatoms. The first-order valence-electron chi connectivity index (χ1n) is 7.20. The Labute approximate surface area is 135 Å². The Balaban J connectivity index is 2.50. The molecule has 0 fully saturated rings. The smallest absolute Gasteiger partial charge is 0.220 e. The molecule has 1 aromatic rings. The summed E-state index contributed by atoms with van der Waals surface area (Å²) in [4.78, 5) is 12.0. The second kappa shape index (κ2) is 9.05. The molecule has 0 radical (unpaired) electrons. The Morgan fingerprint density at radius 2 is 2.14 bits per heavy atom. The number of hydrogen-bond donors (Lipinski definition) is 2. The molecule has 1 atom stereocenters. The number of nitrogens with one attached hydrogen (secondary N) is 1. The molecule has 0 saturated carbocycles. The highest BCUT2D eigenvalue weighted by molar-refractivity contribution is 9.10. The molecule has 0 aromatic heterocycles. The molecular formula is C16H24BrNO3. The van der Waals surface area contributed by atoms with E-state index in [4.69, 9.17) is 9.84 Å². The van der Waals surface area contributed by atoms with Gasteiger partial charge in [-0.05, 0) is 52.4 Å². The van der Waals surface area contributed by atoms with Gasteiger partial charge in [-0.3, -0.25) is 4.79 Å². The van der Waals surface area contributed by atoms with Crippen LogP contribution in [-0.4, -0.2) is 30.8 Å². The number of rotatable bonds is 8. The lowest BCUT2D eigenvalue weighted by molar-refractivity contribution is -0.122. The lowest BCUT2D eigenvalue weighted by atomic mass is 10.0. The molecule has 0 bridgehead atoms. The zero-order chi connectivity index (χ0) is 15.8. The third-order valence-corrected chi connectivity index (χ3v) is 4.07. The van der Waals surface area contributed by atoms with E-state index in [9.17, 15) is 4.79 Å². The summed E-state index contributed by atoms with van der Waals surface area (Å²) in [7, 11) is 1.63. The lowest BCUT2D eigenvalue weighted by Crippen LogP contribution is -2.39. The van der Waals surface area contributed by atoms with Crippen molar-refractivity contribution in [2.45, 2.75) is 39.2 Å². The van der Waals surface area contributed by atoms with Gasteiger partial charge in [0.2, 0.25) is 5.91 Å². The minimum absolute atomic E-state index is 0.0223. The molecule has 4 nitrogen and oxygen atoms in total. The van der Waals surface area contributed by atoms with Gasteiger partial charge in [0.25, 0.3) is 0 Å². The van der Waals surface area contributed by atoms with Crippen LogP contribution >= 0.6 is 15.9 Å². The van der Waals surface area contributed by atoms with Crippen molar-refractivity contribution in [3.8, 4) is 5.75 Å². The molecule has 21 heavy (non-hydrogen) atoms. The summed E-state index contributed by atoms with van der Waals surface area (Å²) >= 11 is 3.44. The van der Waals surface area contributed by atoms with Gasteiger partial charge in [0.05, 0.1) is 11.6 Å². The maximum absolute atomic E-state index is 12.0. The fraction of sp³-hybridized carbons (Fsp3) is 0.562. The van der Waals surface area contributed by atoms with Crippen LogP contribution in [0.5, 0.6) is 5.75 Å². The fourth-order valence-corrected chi connectivity index (χ4v) is 2.70. The van der Waals surface area contributed by atoms with Crippen LogP contribution in [0, 0.1) is 5.92 Å². The molecule has 1 rings (SSSR count). The molecule has 0 spiro atoms. The number of benzene rings is 1. The van der Waals surface area contributed by atoms with Crippen molar-refractivity contribution in [2.75, 3.05) is 13.7 Å². The molecular weight excluding hydrogens is 334 g/mol. The van der Waals surface area contributed by atoms with E-state index in [0.717, 1.165) is 15.8 Å². The van der Waals surface area contributed by atoms with Gasteiger partial charge < -0.3 is 15.2 Å². The van der Waals surface area contributed by atoms with Crippen LogP contribution in [0.15, 0.2) is 22.7 Å². The highest BCUT2D eigenvalue weighted by atomic mass is 79.9. The van der Waals surface area contributed by atoms with E-state index in [2.05, 4.69) is 21.2 Å². The molecule has 0 aliphatic heterocycles. The minimum atomic E-state index is 0.0223. The van der Waals surface area contributed by atoms with Gasteiger partial charge in [0.1, 0.15) is 5.75 Å². The number of aliphatic hydroxyl groups excluding tert-OH is 1. The molecule has 118 valence electrons. The summed E-state index contributed by atoms with van der Waals surface area (Å²) in [5, 5.41) is 12.0. The van der Waals surface area contributed by atoms with Crippen molar-refractivity contribution >= 4 is 21.8 Å². The van der Waals surface area contributed by atoms with E-state index in [1.807, 2.05) is 32.0 Å². The first-order valence-corrected chi connectivity index (χ1v) is 7.99. The topological polar surface area (TPSA) is 58.6 Å². The van der Waals surface area contributed by atoms with E-state index in [1.165, 1.54) is 0 Å². The summed E-state index contributed by atoms with van der Waals surface area (Å²) in [5.41, 5.74) is 1.08. The van der Waals surface area contributed by atoms with Crippen LogP contribution in [0.1, 0.15) is 32.3 Å². The van der Waals surface area contributed by atoms with E-state index in [-0.39, 0.29) is 18.6 Å². The number of amides is 1. The van der Waals surface area contributed by atoms with Gasteiger partial charge in [-0.2, -0.15) is 0 Å². The normalized spacial score (nSPS) is 12.3. The Morgan fingerprint density at radius 1 is 1.43 bits per heavy atom. The van der Waals surface area contributed by atoms with Gasteiger partial charge in [0, 0.05) is 19.1 Å². The van der Waals surface area contributed by atoms with E-state index < -0.39 is 0 Å². The number of hydrogen-bond acceptors (Lipinski definition) is 3. The van der Waals surface area contributed by atoms with Gasteiger partial charge in [-0.25, -0.2) is 0 Å². The number of halogens is 1. The van der Waals surface area contributed by atoms with Gasteiger partial charge in [0.15, 0.2) is 0 Å². The number of aliphatic hydroxyl groups is 1. The van der Waals surface area contributed by atoms with Crippen molar-refractivity contribution in [2.24, 2.45) is 5.92 Å². The average Bonchev–Trinajstić information content (AvgIpc) is 2.44. The van der Waals surface area contributed by atoms with E-state index in [0.29, 0.717) is 25.2 Å². The molecule has 1 amide bonds. The summed E-state index contributed by atoms with van der Waals surface area (Å²) < 4.78 is 6.07. The molecule has 0 saturated heterocycles. The SMILES string of the molecule is COc1ccc(CCC(=O)NC(CCO)C(C)C)cc1Br. The number of carbonyl (C=O) groups is 1. The summed E-state index contributed by atoms with van der Waals surface area (Å²) in [6.45, 7) is 4.18. The molecule has 0 aliphatic rings. The number of aryl methyl sites for hydroxylation is 1. The Kier molecular flexibility index (Phi) is 7.75. The summed E-state index contributed by atoms with van der Waals surface area (Å²) in [5.74, 6) is 1.12. The zero-order valence-corrected chi connectivity index (χ0v) is 14.4. The second-order valence-corrected chi connectivity index (χ2v) is 6.25. The van der Waals surface area contributed by atoms with Crippen molar-refractivity contribution in [3.05, 3.63) is 28.2 Å². The molecule has 0 heterocycles. The fourth-order valence-electron chi connectivity index (χ4n) is 2.11. The van der Waals surface area contributed by atoms with Crippen molar-refractivity contribution in [1.82, 2.24) is 5.32 Å². The van der Waals surface area contributed by atoms with Crippen LogP contribution in [-0.2, 0) is 11.2 Å². The monoisotopic (exact) mass is 357 g/mol. The first kappa shape index (κ1) is 18.0. The molecule has 0 aliphatic carbocycles. The van der Waals surface area contributed by atoms with Gasteiger partial charge >= 0.3 is 0 Å². The summed E-state index contributed by atoms with van der Waals surface area (Å²) in [6, 6.07) is 5.86. The van der Waals surface area contributed by atoms with E-state index in [1.54, 1.807) is 7.11 Å². The lowest BCUT2D eigenvalue weighted by Gasteiger charge is -2.21. The van der Waals surface area contributed by atoms with Crippen molar-refractivity contribution in [1.29, 1.82) is 0 Å². The third-order valence-electron chi connectivity index (χ3n) is 3.45. The Hall–Kier alpha value is -1.07. The van der Waals surface area contributed by atoms with Crippen molar-refractivity contribution < 1.29 is 14.6 Å².